The third kappa shape index (κ3) is 3.76. The number of anilines is 2. The van der Waals surface area contributed by atoms with Crippen molar-refractivity contribution in [2.75, 3.05) is 23.9 Å². The molecular formula is C23H20N6O3. The number of aromatic nitrogens is 4. The minimum Gasteiger partial charge on any atom is -0.497 e. The number of methoxy groups -OCH3 is 1. The van der Waals surface area contributed by atoms with Gasteiger partial charge < -0.3 is 15.0 Å². The van der Waals surface area contributed by atoms with Gasteiger partial charge >= 0.3 is 0 Å². The van der Waals surface area contributed by atoms with Crippen molar-refractivity contribution in [2.24, 2.45) is 5.92 Å². The Hall–Kier alpha value is -4.27. The van der Waals surface area contributed by atoms with E-state index >= 15 is 0 Å². The van der Waals surface area contributed by atoms with Gasteiger partial charge in [0.1, 0.15) is 12.1 Å². The Balaban J connectivity index is 1.29. The molecule has 0 aliphatic carbocycles. The topological polar surface area (TPSA) is 102 Å². The Morgan fingerprint density at radius 3 is 2.78 bits per heavy atom. The Morgan fingerprint density at radius 1 is 1.12 bits per heavy atom. The number of carbonyl (C=O) groups excluding carboxylic acids is 2. The summed E-state index contributed by atoms with van der Waals surface area (Å²) in [7, 11) is 1.59. The number of hydrogen-bond donors (Lipinski definition) is 1. The molecule has 0 saturated carbocycles. The zero-order valence-corrected chi connectivity index (χ0v) is 17.3. The molecule has 32 heavy (non-hydrogen) atoms. The highest BCUT2D eigenvalue weighted by Crippen LogP contribution is 2.28. The van der Waals surface area contributed by atoms with E-state index in [9.17, 15) is 9.59 Å². The van der Waals surface area contributed by atoms with Gasteiger partial charge in [0.25, 0.3) is 0 Å². The molecular weight excluding hydrogens is 408 g/mol. The first-order valence-electron chi connectivity index (χ1n) is 10.1. The van der Waals surface area contributed by atoms with Gasteiger partial charge in [-0.25, -0.2) is 0 Å². The fourth-order valence-electron chi connectivity index (χ4n) is 3.78. The number of ether oxygens (including phenoxy) is 1. The number of amides is 2. The molecule has 1 N–H and O–H groups in total. The zero-order chi connectivity index (χ0) is 22.1. The Bertz CT molecular complexity index is 1300. The van der Waals surface area contributed by atoms with Crippen molar-refractivity contribution in [2.45, 2.75) is 6.42 Å². The fourth-order valence-corrected chi connectivity index (χ4v) is 3.78. The van der Waals surface area contributed by atoms with Crippen LogP contribution in [0.15, 0.2) is 67.0 Å². The van der Waals surface area contributed by atoms with E-state index in [4.69, 9.17) is 4.74 Å². The standard InChI is InChI=1S/C23H20N6O3/c1-32-19-7-5-18(6-8-19)28-13-16(12-22(28)30)23(31)25-17-4-2-3-15(11-17)20-9-10-21-26-24-14-29(21)27-20/h2-11,14,16H,12-13H2,1H3,(H,25,31). The molecule has 1 atom stereocenters. The van der Waals surface area contributed by atoms with Crippen LogP contribution >= 0.6 is 0 Å². The summed E-state index contributed by atoms with van der Waals surface area (Å²) in [5.41, 5.74) is 3.64. The molecule has 1 saturated heterocycles. The number of fused-ring (bicyclic) bond motifs is 1. The van der Waals surface area contributed by atoms with Crippen molar-refractivity contribution in [1.29, 1.82) is 0 Å². The maximum absolute atomic E-state index is 12.9. The molecule has 4 aromatic rings. The maximum Gasteiger partial charge on any atom is 0.229 e. The van der Waals surface area contributed by atoms with E-state index in [0.717, 1.165) is 16.9 Å². The highest BCUT2D eigenvalue weighted by Gasteiger charge is 2.35. The van der Waals surface area contributed by atoms with Gasteiger partial charge in [-0.2, -0.15) is 9.61 Å². The molecule has 1 aliphatic rings. The van der Waals surface area contributed by atoms with Gasteiger partial charge in [0, 0.05) is 29.9 Å². The van der Waals surface area contributed by atoms with Crippen LogP contribution in [0, 0.1) is 5.92 Å². The molecule has 9 heteroatoms. The Kier molecular flexibility index (Phi) is 4.98. The molecule has 1 unspecified atom stereocenters. The molecule has 2 amide bonds. The summed E-state index contributed by atoms with van der Waals surface area (Å²) in [6, 6.07) is 18.4. The van der Waals surface area contributed by atoms with Gasteiger partial charge in [0.05, 0.1) is 18.7 Å². The van der Waals surface area contributed by atoms with Crippen LogP contribution in [0.3, 0.4) is 0 Å². The summed E-state index contributed by atoms with van der Waals surface area (Å²) in [5, 5.41) is 15.2. The minimum absolute atomic E-state index is 0.0736. The van der Waals surface area contributed by atoms with Gasteiger partial charge in [-0.3, -0.25) is 9.59 Å². The summed E-state index contributed by atoms with van der Waals surface area (Å²) in [5.74, 6) is 0.0245. The van der Waals surface area contributed by atoms with Crippen LogP contribution in [-0.2, 0) is 9.59 Å². The predicted molar refractivity (Wildman–Crippen MR) is 118 cm³/mol. The summed E-state index contributed by atoms with van der Waals surface area (Å²) >= 11 is 0. The first-order valence-corrected chi connectivity index (χ1v) is 10.1. The maximum atomic E-state index is 12.9. The number of rotatable bonds is 5. The van der Waals surface area contributed by atoms with Gasteiger partial charge in [0.2, 0.25) is 11.8 Å². The summed E-state index contributed by atoms with van der Waals surface area (Å²) < 4.78 is 6.76. The molecule has 0 radical (unpaired) electrons. The first-order chi connectivity index (χ1) is 15.6. The lowest BCUT2D eigenvalue weighted by molar-refractivity contribution is -0.122. The SMILES string of the molecule is COc1ccc(N2CC(C(=O)Nc3cccc(-c4ccc5nncn5n4)c3)CC2=O)cc1. The summed E-state index contributed by atoms with van der Waals surface area (Å²) in [6.07, 6.45) is 1.71. The second-order valence-corrected chi connectivity index (χ2v) is 7.53. The van der Waals surface area contributed by atoms with Crippen LogP contribution in [0.4, 0.5) is 11.4 Å². The average molecular weight is 428 g/mol. The highest BCUT2D eigenvalue weighted by atomic mass is 16.5. The van der Waals surface area contributed by atoms with Crippen LogP contribution in [0.5, 0.6) is 5.75 Å². The van der Waals surface area contributed by atoms with E-state index in [1.807, 2.05) is 48.5 Å². The van der Waals surface area contributed by atoms with E-state index in [2.05, 4.69) is 20.6 Å². The van der Waals surface area contributed by atoms with Crippen molar-refractivity contribution >= 4 is 28.8 Å². The largest absolute Gasteiger partial charge is 0.497 e. The van der Waals surface area contributed by atoms with Crippen molar-refractivity contribution < 1.29 is 14.3 Å². The molecule has 2 aromatic heterocycles. The molecule has 160 valence electrons. The van der Waals surface area contributed by atoms with Crippen molar-refractivity contribution in [1.82, 2.24) is 19.8 Å². The molecule has 0 bridgehead atoms. The number of nitrogens with one attached hydrogen (secondary N) is 1. The molecule has 9 nitrogen and oxygen atoms in total. The minimum atomic E-state index is -0.431. The van der Waals surface area contributed by atoms with E-state index in [-0.39, 0.29) is 18.2 Å². The molecule has 5 rings (SSSR count). The lowest BCUT2D eigenvalue weighted by Gasteiger charge is -2.17. The van der Waals surface area contributed by atoms with Crippen molar-refractivity contribution in [3.8, 4) is 17.0 Å². The monoisotopic (exact) mass is 428 g/mol. The molecule has 1 fully saturated rings. The fraction of sp³-hybridized carbons (Fsp3) is 0.174. The second kappa shape index (κ2) is 8.10. The smallest absolute Gasteiger partial charge is 0.229 e. The van der Waals surface area contributed by atoms with Crippen LogP contribution in [0.2, 0.25) is 0 Å². The third-order valence-electron chi connectivity index (χ3n) is 5.47. The number of benzene rings is 2. The quantitative estimate of drug-likeness (QED) is 0.525. The van der Waals surface area contributed by atoms with E-state index in [0.29, 0.717) is 23.6 Å². The number of carbonyl (C=O) groups is 2. The molecule has 3 heterocycles. The Labute approximate surface area is 183 Å². The summed E-state index contributed by atoms with van der Waals surface area (Å²) in [6.45, 7) is 0.336. The van der Waals surface area contributed by atoms with Crippen LogP contribution in [0.1, 0.15) is 6.42 Å². The highest BCUT2D eigenvalue weighted by molar-refractivity contribution is 6.03. The third-order valence-corrected chi connectivity index (χ3v) is 5.47. The summed E-state index contributed by atoms with van der Waals surface area (Å²) in [4.78, 5) is 27.0. The van der Waals surface area contributed by atoms with Crippen LogP contribution in [0.25, 0.3) is 16.9 Å². The van der Waals surface area contributed by atoms with E-state index < -0.39 is 5.92 Å². The first kappa shape index (κ1) is 19.7. The second-order valence-electron chi connectivity index (χ2n) is 7.53. The molecule has 1 aliphatic heterocycles. The van der Waals surface area contributed by atoms with Gasteiger partial charge in [-0.1, -0.05) is 12.1 Å². The lowest BCUT2D eigenvalue weighted by Crippen LogP contribution is -2.28. The van der Waals surface area contributed by atoms with Crippen molar-refractivity contribution in [3.05, 3.63) is 67.0 Å². The van der Waals surface area contributed by atoms with E-state index in [1.165, 1.54) is 6.33 Å². The van der Waals surface area contributed by atoms with Gasteiger partial charge in [-0.05, 0) is 48.5 Å². The normalized spacial score (nSPS) is 15.8. The zero-order valence-electron chi connectivity index (χ0n) is 17.3. The molecule has 2 aromatic carbocycles. The van der Waals surface area contributed by atoms with Crippen LogP contribution < -0.4 is 15.0 Å². The van der Waals surface area contributed by atoms with Crippen LogP contribution in [-0.4, -0.2) is 45.3 Å². The number of nitrogens with zero attached hydrogens (tertiary/aromatic N) is 5. The predicted octanol–water partition coefficient (Wildman–Crippen LogP) is 2.79. The van der Waals surface area contributed by atoms with Gasteiger partial charge in [-0.15, -0.1) is 10.2 Å². The lowest BCUT2D eigenvalue weighted by atomic mass is 10.1. The average Bonchev–Trinajstić information content (AvgIpc) is 3.45. The molecule has 0 spiro atoms. The van der Waals surface area contributed by atoms with Gasteiger partial charge in [0.15, 0.2) is 5.65 Å². The van der Waals surface area contributed by atoms with Crippen molar-refractivity contribution in [3.63, 3.8) is 0 Å². The number of hydrogen-bond acceptors (Lipinski definition) is 6. The Morgan fingerprint density at radius 2 is 1.97 bits per heavy atom. The van der Waals surface area contributed by atoms with E-state index in [1.54, 1.807) is 28.7 Å².